The molecule has 0 aliphatic heterocycles. The van der Waals surface area contributed by atoms with Gasteiger partial charge in [-0.2, -0.15) is 0 Å². The van der Waals surface area contributed by atoms with E-state index in [0.717, 1.165) is 33.4 Å². The van der Waals surface area contributed by atoms with Crippen LogP contribution in [-0.4, -0.2) is 15.0 Å². The summed E-state index contributed by atoms with van der Waals surface area (Å²) in [5.74, 6) is 1.95. The van der Waals surface area contributed by atoms with E-state index in [1.165, 1.54) is 49.4 Å². The van der Waals surface area contributed by atoms with E-state index in [2.05, 4.69) is 152 Å². The van der Waals surface area contributed by atoms with Crippen molar-refractivity contribution in [2.24, 2.45) is 0 Å². The Kier molecular flexibility index (Phi) is 8.51. The molecule has 0 N–H and O–H groups in total. The zero-order chi connectivity index (χ0) is 37.3. The molecule has 10 aromatic rings. The molecular formula is C53H35N3. The molecule has 9 aromatic carbocycles. The van der Waals surface area contributed by atoms with Crippen LogP contribution in [0.25, 0.3) is 100 Å². The second kappa shape index (κ2) is 14.4. The molecule has 1 aromatic heterocycles. The topological polar surface area (TPSA) is 38.7 Å². The summed E-state index contributed by atoms with van der Waals surface area (Å²) in [6.07, 6.45) is 0. The van der Waals surface area contributed by atoms with Gasteiger partial charge in [0, 0.05) is 16.7 Å². The molecule has 0 saturated heterocycles. The highest BCUT2D eigenvalue weighted by Gasteiger charge is 2.14. The van der Waals surface area contributed by atoms with Gasteiger partial charge in [0.2, 0.25) is 0 Å². The number of aromatic nitrogens is 3. The highest BCUT2D eigenvalue weighted by molar-refractivity contribution is 6.01. The van der Waals surface area contributed by atoms with Crippen LogP contribution in [0, 0.1) is 0 Å². The van der Waals surface area contributed by atoms with Crippen LogP contribution in [-0.2, 0) is 0 Å². The van der Waals surface area contributed by atoms with E-state index in [1.807, 2.05) is 60.7 Å². The third-order valence-corrected chi connectivity index (χ3v) is 10.5. The molecule has 0 unspecified atom stereocenters. The third-order valence-electron chi connectivity index (χ3n) is 10.5. The summed E-state index contributed by atoms with van der Waals surface area (Å²) in [6, 6.07) is 75.0. The molecule has 0 amide bonds. The molecule has 0 spiro atoms. The Bertz CT molecular complexity index is 2960. The van der Waals surface area contributed by atoms with Crippen LogP contribution in [0.15, 0.2) is 212 Å². The number of rotatable bonds is 7. The van der Waals surface area contributed by atoms with Crippen molar-refractivity contribution in [3.63, 3.8) is 0 Å². The number of hydrogen-bond donors (Lipinski definition) is 0. The lowest BCUT2D eigenvalue weighted by atomic mass is 9.90. The normalized spacial score (nSPS) is 11.2. The fourth-order valence-corrected chi connectivity index (χ4v) is 7.68. The maximum Gasteiger partial charge on any atom is 0.164 e. The van der Waals surface area contributed by atoms with Gasteiger partial charge in [0.25, 0.3) is 0 Å². The molecule has 0 radical (unpaired) electrons. The SMILES string of the molecule is c1ccc(-c2nc(-c3ccccc3)nc(-c3cccc(-c4cccc(-c5ccc6cc(-c7ccccc7-c7cccc8ccccc78)ccc6c5)c4)c3)n2)cc1. The first-order valence-corrected chi connectivity index (χ1v) is 18.9. The summed E-state index contributed by atoms with van der Waals surface area (Å²) in [4.78, 5) is 14.8. The smallest absolute Gasteiger partial charge is 0.164 e. The fourth-order valence-electron chi connectivity index (χ4n) is 7.68. The number of benzene rings is 9. The highest BCUT2D eigenvalue weighted by atomic mass is 15.0. The molecule has 262 valence electrons. The van der Waals surface area contributed by atoms with Crippen LogP contribution < -0.4 is 0 Å². The van der Waals surface area contributed by atoms with Crippen LogP contribution in [0.1, 0.15) is 0 Å². The Labute approximate surface area is 326 Å². The summed E-state index contributed by atoms with van der Waals surface area (Å²) in [5.41, 5.74) is 12.3. The zero-order valence-corrected chi connectivity index (χ0v) is 30.5. The fraction of sp³-hybridized carbons (Fsp3) is 0. The molecule has 3 nitrogen and oxygen atoms in total. The molecule has 0 fully saturated rings. The Hall–Kier alpha value is -7.49. The predicted molar refractivity (Wildman–Crippen MR) is 233 cm³/mol. The van der Waals surface area contributed by atoms with Crippen LogP contribution in [0.3, 0.4) is 0 Å². The van der Waals surface area contributed by atoms with E-state index < -0.39 is 0 Å². The molecule has 0 aliphatic rings. The lowest BCUT2D eigenvalue weighted by Gasteiger charge is -2.14. The number of nitrogens with zero attached hydrogens (tertiary/aromatic N) is 3. The molecule has 3 heteroatoms. The van der Waals surface area contributed by atoms with E-state index in [9.17, 15) is 0 Å². The predicted octanol–water partition coefficient (Wildman–Crippen LogP) is 13.8. The molecule has 56 heavy (non-hydrogen) atoms. The van der Waals surface area contributed by atoms with Crippen molar-refractivity contribution in [2.75, 3.05) is 0 Å². The summed E-state index contributed by atoms with van der Waals surface area (Å²) in [7, 11) is 0. The van der Waals surface area contributed by atoms with Gasteiger partial charge < -0.3 is 0 Å². The summed E-state index contributed by atoms with van der Waals surface area (Å²) in [5, 5.41) is 4.94. The van der Waals surface area contributed by atoms with Gasteiger partial charge in [0.05, 0.1) is 0 Å². The number of fused-ring (bicyclic) bond motifs is 2. The standard InChI is InChI=1S/C53H35N3/c1-3-15-37(16-4-1)51-54-52(38-17-5-2-6-18-38)56-53(55-51)46-23-12-22-41(35-46)39-20-11-21-40(32-39)42-28-29-44-34-45(31-30-43(44)33-42)48-25-9-10-26-49(48)50-27-13-19-36-14-7-8-24-47(36)50/h1-35H. The van der Waals surface area contributed by atoms with Gasteiger partial charge in [-0.15, -0.1) is 0 Å². The van der Waals surface area contributed by atoms with Crippen molar-refractivity contribution in [2.45, 2.75) is 0 Å². The Balaban J connectivity index is 0.978. The minimum absolute atomic E-state index is 0.643. The van der Waals surface area contributed by atoms with Crippen LogP contribution >= 0.6 is 0 Å². The number of hydrogen-bond acceptors (Lipinski definition) is 3. The van der Waals surface area contributed by atoms with Crippen LogP contribution in [0.5, 0.6) is 0 Å². The van der Waals surface area contributed by atoms with Gasteiger partial charge in [-0.3, -0.25) is 0 Å². The van der Waals surface area contributed by atoms with Crippen molar-refractivity contribution in [1.29, 1.82) is 0 Å². The Morgan fingerprint density at radius 3 is 1.29 bits per heavy atom. The molecule has 1 heterocycles. The van der Waals surface area contributed by atoms with Crippen LogP contribution in [0.4, 0.5) is 0 Å². The minimum atomic E-state index is 0.643. The van der Waals surface area contributed by atoms with Crippen LogP contribution in [0.2, 0.25) is 0 Å². The van der Waals surface area contributed by atoms with Gasteiger partial charge in [-0.25, -0.2) is 15.0 Å². The Morgan fingerprint density at radius 1 is 0.214 bits per heavy atom. The second-order valence-electron chi connectivity index (χ2n) is 14.0. The average molecular weight is 714 g/mol. The molecule has 0 atom stereocenters. The Morgan fingerprint density at radius 2 is 0.625 bits per heavy atom. The zero-order valence-electron chi connectivity index (χ0n) is 30.5. The van der Waals surface area contributed by atoms with Gasteiger partial charge in [-0.1, -0.05) is 188 Å². The maximum absolute atomic E-state index is 4.96. The van der Waals surface area contributed by atoms with Gasteiger partial charge in [-0.05, 0) is 90.3 Å². The van der Waals surface area contributed by atoms with Gasteiger partial charge in [0.15, 0.2) is 17.5 Å². The molecule has 10 rings (SSSR count). The maximum atomic E-state index is 4.96. The first-order valence-electron chi connectivity index (χ1n) is 18.9. The van der Waals surface area contributed by atoms with Gasteiger partial charge >= 0.3 is 0 Å². The summed E-state index contributed by atoms with van der Waals surface area (Å²) >= 11 is 0. The third kappa shape index (κ3) is 6.42. The van der Waals surface area contributed by atoms with Crippen molar-refractivity contribution >= 4 is 21.5 Å². The minimum Gasteiger partial charge on any atom is -0.208 e. The quantitative estimate of drug-likeness (QED) is 0.165. The van der Waals surface area contributed by atoms with Crippen molar-refractivity contribution < 1.29 is 0 Å². The molecule has 0 aliphatic carbocycles. The van der Waals surface area contributed by atoms with E-state index in [4.69, 9.17) is 15.0 Å². The van der Waals surface area contributed by atoms with Gasteiger partial charge in [0.1, 0.15) is 0 Å². The second-order valence-corrected chi connectivity index (χ2v) is 14.0. The van der Waals surface area contributed by atoms with Crippen molar-refractivity contribution in [3.8, 4) is 78.7 Å². The van der Waals surface area contributed by atoms with E-state index in [-0.39, 0.29) is 0 Å². The largest absolute Gasteiger partial charge is 0.208 e. The summed E-state index contributed by atoms with van der Waals surface area (Å²) in [6.45, 7) is 0. The first kappa shape index (κ1) is 33.1. The molecular weight excluding hydrogens is 679 g/mol. The molecule has 0 bridgehead atoms. The van der Waals surface area contributed by atoms with Crippen molar-refractivity contribution in [1.82, 2.24) is 15.0 Å². The average Bonchev–Trinajstić information content (AvgIpc) is 3.29. The monoisotopic (exact) mass is 713 g/mol. The lowest BCUT2D eigenvalue weighted by molar-refractivity contribution is 1.07. The summed E-state index contributed by atoms with van der Waals surface area (Å²) < 4.78 is 0. The molecule has 0 saturated carbocycles. The van der Waals surface area contributed by atoms with E-state index in [0.29, 0.717) is 17.5 Å². The first-order chi connectivity index (χ1) is 27.7. The van der Waals surface area contributed by atoms with E-state index in [1.54, 1.807) is 0 Å². The van der Waals surface area contributed by atoms with E-state index >= 15 is 0 Å². The lowest BCUT2D eigenvalue weighted by Crippen LogP contribution is -2.00. The van der Waals surface area contributed by atoms with Crippen molar-refractivity contribution in [3.05, 3.63) is 212 Å². The highest BCUT2D eigenvalue weighted by Crippen LogP contribution is 2.38.